The summed E-state index contributed by atoms with van der Waals surface area (Å²) in [7, 11) is 2.25. The van der Waals surface area contributed by atoms with E-state index in [-0.39, 0.29) is 25.8 Å². The van der Waals surface area contributed by atoms with Gasteiger partial charge in [0.25, 0.3) is 0 Å². The molecule has 99 valence electrons. The maximum Gasteiger partial charge on any atom is 4.00 e. The SMILES string of the molecule is C[O-].C[O-].C[SiH]C.[C-]1=CC=CC1.[C-]1=CC=CC1.[Hf+4]. The van der Waals surface area contributed by atoms with Crippen molar-refractivity contribution in [3.63, 3.8) is 0 Å². The van der Waals surface area contributed by atoms with E-state index in [2.05, 4.69) is 37.4 Å². The van der Waals surface area contributed by atoms with Crippen LogP contribution in [-0.4, -0.2) is 23.7 Å². The first-order valence-electron chi connectivity index (χ1n) is 5.41. The quantitative estimate of drug-likeness (QED) is 0.427. The molecule has 0 aromatic rings. The van der Waals surface area contributed by atoms with Crippen molar-refractivity contribution in [2.75, 3.05) is 14.2 Å². The number of hydrogen-bond acceptors (Lipinski definition) is 2. The van der Waals surface area contributed by atoms with Gasteiger partial charge in [-0.1, -0.05) is 13.1 Å². The molecule has 0 fully saturated rings. The van der Waals surface area contributed by atoms with Gasteiger partial charge in [0.05, 0.1) is 0 Å². The largest absolute Gasteiger partial charge is 4.00 e. The molecule has 0 bridgehead atoms. The standard InChI is InChI=1S/2C5H5.C2H7Si.2CH3O.Hf/c2*1-2-4-5-3-1;1-3-2;2*1-2;/h2*1-3H,4H2;3H,1-2H3;2*1H3;/q2*-1;;2*-1;+4. The van der Waals surface area contributed by atoms with Crippen LogP contribution in [0.25, 0.3) is 0 Å². The molecule has 2 nitrogen and oxygen atoms in total. The van der Waals surface area contributed by atoms with Crippen LogP contribution in [0.4, 0.5) is 0 Å². The second-order valence-electron chi connectivity index (χ2n) is 2.58. The van der Waals surface area contributed by atoms with Gasteiger partial charge in [0.15, 0.2) is 0 Å². The third-order valence-corrected chi connectivity index (χ3v) is 1.17. The van der Waals surface area contributed by atoms with Gasteiger partial charge in [-0.3, -0.25) is 12.2 Å². The van der Waals surface area contributed by atoms with Crippen LogP contribution < -0.4 is 10.2 Å². The van der Waals surface area contributed by atoms with E-state index in [1.807, 2.05) is 24.3 Å². The summed E-state index contributed by atoms with van der Waals surface area (Å²) >= 11 is 0. The fourth-order valence-electron chi connectivity index (χ4n) is 0.680. The maximum atomic E-state index is 8.25. The molecule has 0 N–H and O–H groups in total. The zero-order chi connectivity index (χ0) is 13.8. The minimum absolute atomic E-state index is 0. The third kappa shape index (κ3) is 36.0. The second kappa shape index (κ2) is 36.0. The van der Waals surface area contributed by atoms with Crippen molar-refractivity contribution >= 4 is 9.52 Å². The average Bonchev–Trinajstić information content (AvgIpc) is 3.13. The zero-order valence-corrected chi connectivity index (χ0v) is 16.5. The molecule has 2 rings (SSSR count). The van der Waals surface area contributed by atoms with Crippen molar-refractivity contribution in [2.24, 2.45) is 0 Å². The van der Waals surface area contributed by atoms with Gasteiger partial charge in [-0.2, -0.15) is 26.4 Å². The molecule has 0 aliphatic heterocycles. The van der Waals surface area contributed by atoms with E-state index in [0.717, 1.165) is 36.6 Å². The monoisotopic (exact) mass is 431 g/mol. The van der Waals surface area contributed by atoms with Crippen LogP contribution in [0.5, 0.6) is 0 Å². The molecule has 0 spiro atoms. The molecule has 4 heteroatoms. The van der Waals surface area contributed by atoms with Crippen molar-refractivity contribution in [2.45, 2.75) is 25.9 Å². The molecule has 2 aliphatic rings. The topological polar surface area (TPSA) is 46.1 Å². The Bertz CT molecular complexity index is 170. The Morgan fingerprint density at radius 2 is 1.11 bits per heavy atom. The van der Waals surface area contributed by atoms with Gasteiger partial charge in [0.1, 0.15) is 0 Å². The van der Waals surface area contributed by atoms with Gasteiger partial charge in [0.2, 0.25) is 0 Å². The molecular formula is C14H23HfO2Si. The summed E-state index contributed by atoms with van der Waals surface area (Å²) in [5, 5.41) is 16.5. The van der Waals surface area contributed by atoms with Crippen LogP contribution in [0, 0.1) is 12.2 Å². The summed E-state index contributed by atoms with van der Waals surface area (Å²) in [5.74, 6) is 0. The van der Waals surface area contributed by atoms with Crippen molar-refractivity contribution < 1.29 is 36.1 Å². The molecule has 1 radical (unpaired) electrons. The minimum atomic E-state index is 0. The van der Waals surface area contributed by atoms with E-state index in [9.17, 15) is 0 Å². The van der Waals surface area contributed by atoms with Crippen molar-refractivity contribution in [1.29, 1.82) is 0 Å². The first-order valence-corrected chi connectivity index (χ1v) is 7.71. The van der Waals surface area contributed by atoms with Gasteiger partial charge in [0, 0.05) is 9.52 Å². The zero-order valence-electron chi connectivity index (χ0n) is 11.8. The van der Waals surface area contributed by atoms with E-state index >= 15 is 0 Å². The number of allylic oxidation sites excluding steroid dienone is 8. The fraction of sp³-hybridized carbons (Fsp3) is 0.429. The van der Waals surface area contributed by atoms with Crippen LogP contribution in [-0.2, 0) is 25.8 Å². The average molecular weight is 430 g/mol. The Morgan fingerprint density at radius 1 is 0.833 bits per heavy atom. The normalized spacial score (nSPS) is 11.4. The molecule has 0 aromatic carbocycles. The molecule has 0 heterocycles. The van der Waals surface area contributed by atoms with E-state index < -0.39 is 0 Å². The Hall–Kier alpha value is -0.0330. The Morgan fingerprint density at radius 3 is 1.17 bits per heavy atom. The first-order chi connectivity index (χ1) is 8.41. The summed E-state index contributed by atoms with van der Waals surface area (Å²) in [6.07, 6.45) is 20.0. The van der Waals surface area contributed by atoms with Gasteiger partial charge in [-0.25, -0.2) is 24.3 Å². The molecule has 0 unspecified atom stereocenters. The van der Waals surface area contributed by atoms with Crippen LogP contribution >= 0.6 is 0 Å². The molecule has 0 saturated carbocycles. The van der Waals surface area contributed by atoms with Gasteiger partial charge in [-0.15, -0.1) is 12.8 Å². The van der Waals surface area contributed by atoms with E-state index in [1.165, 1.54) is 0 Å². The van der Waals surface area contributed by atoms with Gasteiger partial charge < -0.3 is 10.2 Å². The fourth-order valence-corrected chi connectivity index (χ4v) is 0.680. The summed E-state index contributed by atoms with van der Waals surface area (Å²) in [5.41, 5.74) is 0. The summed E-state index contributed by atoms with van der Waals surface area (Å²) in [6, 6.07) is 0. The first kappa shape index (κ1) is 26.5. The van der Waals surface area contributed by atoms with Crippen molar-refractivity contribution in [3.8, 4) is 0 Å². The number of rotatable bonds is 0. The molecule has 0 aromatic heterocycles. The summed E-state index contributed by atoms with van der Waals surface area (Å²) in [6.45, 7) is 4.42. The third-order valence-electron chi connectivity index (χ3n) is 1.17. The number of hydrogen-bond donors (Lipinski definition) is 0. The predicted octanol–water partition coefficient (Wildman–Crippen LogP) is 1.08. The minimum Gasteiger partial charge on any atom is -0.857 e. The second-order valence-corrected chi connectivity index (χ2v) is 3.74. The smallest absolute Gasteiger partial charge is 0.857 e. The van der Waals surface area contributed by atoms with E-state index in [1.54, 1.807) is 0 Å². The molecular weight excluding hydrogens is 407 g/mol. The molecule has 0 amide bonds. The Balaban J connectivity index is -0.0000000719. The summed E-state index contributed by atoms with van der Waals surface area (Å²) in [4.78, 5) is 0. The maximum absolute atomic E-state index is 8.25. The molecule has 2 aliphatic carbocycles. The molecule has 18 heavy (non-hydrogen) atoms. The van der Waals surface area contributed by atoms with Crippen LogP contribution in [0.3, 0.4) is 0 Å². The van der Waals surface area contributed by atoms with Gasteiger partial charge >= 0.3 is 25.8 Å². The van der Waals surface area contributed by atoms with Crippen LogP contribution in [0.15, 0.2) is 36.5 Å². The predicted molar refractivity (Wildman–Crippen MR) is 73.9 cm³/mol. The molecule has 0 saturated heterocycles. The van der Waals surface area contributed by atoms with Crippen LogP contribution in [0.2, 0.25) is 13.1 Å². The van der Waals surface area contributed by atoms with Gasteiger partial charge in [-0.05, 0) is 0 Å². The summed E-state index contributed by atoms with van der Waals surface area (Å²) < 4.78 is 0. The Labute approximate surface area is 134 Å². The van der Waals surface area contributed by atoms with Crippen molar-refractivity contribution in [3.05, 3.63) is 48.6 Å². The van der Waals surface area contributed by atoms with Crippen molar-refractivity contribution in [1.82, 2.24) is 0 Å². The Kier molecular flexibility index (Phi) is 53.0. The van der Waals surface area contributed by atoms with E-state index in [0.29, 0.717) is 0 Å². The van der Waals surface area contributed by atoms with Crippen LogP contribution in [0.1, 0.15) is 12.8 Å². The molecule has 0 atom stereocenters. The van der Waals surface area contributed by atoms with E-state index in [4.69, 9.17) is 10.2 Å².